The number of rotatable bonds is 8. The van der Waals surface area contributed by atoms with Crippen molar-refractivity contribution < 1.29 is 19.1 Å². The fraction of sp³-hybridized carbons (Fsp3) is 0.423. The highest BCUT2D eigenvalue weighted by Crippen LogP contribution is 2.28. The molecular formula is C26H32N4O4. The number of methoxy groups -OCH3 is 1. The molecule has 2 aliphatic rings. The summed E-state index contributed by atoms with van der Waals surface area (Å²) in [6, 6.07) is 16.0. The van der Waals surface area contributed by atoms with Gasteiger partial charge in [0.1, 0.15) is 11.8 Å². The van der Waals surface area contributed by atoms with E-state index in [1.165, 1.54) is 0 Å². The van der Waals surface area contributed by atoms with Crippen LogP contribution in [0.25, 0.3) is 0 Å². The highest BCUT2D eigenvalue weighted by molar-refractivity contribution is 6.09. The number of carbonyl (C=O) groups is 3. The number of ether oxygens (including phenoxy) is 1. The average molecular weight is 465 g/mol. The number of benzene rings is 2. The summed E-state index contributed by atoms with van der Waals surface area (Å²) < 4.78 is 5.48. The Labute approximate surface area is 200 Å². The van der Waals surface area contributed by atoms with Gasteiger partial charge >= 0.3 is 0 Å². The van der Waals surface area contributed by atoms with Crippen LogP contribution in [0, 0.1) is 0 Å². The zero-order chi connectivity index (χ0) is 23.9. The van der Waals surface area contributed by atoms with Crippen molar-refractivity contribution in [1.82, 2.24) is 15.1 Å². The Kier molecular flexibility index (Phi) is 7.80. The quantitative estimate of drug-likeness (QED) is 0.476. The van der Waals surface area contributed by atoms with E-state index in [-0.39, 0.29) is 18.2 Å². The van der Waals surface area contributed by atoms with E-state index < -0.39 is 11.9 Å². The topological polar surface area (TPSA) is 82.2 Å². The number of nitrogens with one attached hydrogen (secondary N) is 1. The molecule has 8 nitrogen and oxygen atoms in total. The van der Waals surface area contributed by atoms with Gasteiger partial charge in [0.05, 0.1) is 12.8 Å². The van der Waals surface area contributed by atoms with Gasteiger partial charge in [-0.3, -0.25) is 24.2 Å². The van der Waals surface area contributed by atoms with Gasteiger partial charge in [0, 0.05) is 44.7 Å². The maximum Gasteiger partial charge on any atom is 0.261 e. The van der Waals surface area contributed by atoms with E-state index in [0.717, 1.165) is 55.5 Å². The van der Waals surface area contributed by atoms with E-state index in [4.69, 9.17) is 4.74 Å². The first kappa shape index (κ1) is 23.8. The minimum atomic E-state index is -0.732. The van der Waals surface area contributed by atoms with Crippen molar-refractivity contribution >= 4 is 23.4 Å². The number of nitrogens with zero attached hydrogens (tertiary/aromatic N) is 3. The van der Waals surface area contributed by atoms with Gasteiger partial charge in [0.2, 0.25) is 11.8 Å². The average Bonchev–Trinajstić information content (AvgIpc) is 3.28. The van der Waals surface area contributed by atoms with Crippen molar-refractivity contribution in [2.75, 3.05) is 51.3 Å². The Bertz CT molecular complexity index is 1000. The van der Waals surface area contributed by atoms with Crippen LogP contribution >= 0.6 is 0 Å². The van der Waals surface area contributed by atoms with E-state index in [0.29, 0.717) is 18.5 Å². The summed E-state index contributed by atoms with van der Waals surface area (Å²) in [5.41, 5.74) is 1.54. The number of hydrogen-bond acceptors (Lipinski definition) is 6. The molecule has 2 fully saturated rings. The molecule has 2 aromatic rings. The zero-order valence-electron chi connectivity index (χ0n) is 19.6. The molecule has 2 aromatic carbocycles. The van der Waals surface area contributed by atoms with E-state index in [1.807, 2.05) is 24.3 Å². The SMILES string of the molecule is COc1ccccc1N1CCN(CCCNC(=O)[C@@H]2CCC(=O)N2C(=O)c2ccccc2)CC1. The summed E-state index contributed by atoms with van der Waals surface area (Å²) in [7, 11) is 1.70. The molecule has 0 bridgehead atoms. The highest BCUT2D eigenvalue weighted by Gasteiger charge is 2.40. The van der Waals surface area contributed by atoms with E-state index in [1.54, 1.807) is 31.4 Å². The van der Waals surface area contributed by atoms with Crippen molar-refractivity contribution in [3.05, 3.63) is 60.2 Å². The molecule has 4 rings (SSSR count). The van der Waals surface area contributed by atoms with Crippen LogP contribution < -0.4 is 15.0 Å². The van der Waals surface area contributed by atoms with Crippen molar-refractivity contribution in [1.29, 1.82) is 0 Å². The maximum atomic E-state index is 12.8. The van der Waals surface area contributed by atoms with Crippen molar-refractivity contribution in [2.45, 2.75) is 25.3 Å². The zero-order valence-corrected chi connectivity index (χ0v) is 19.6. The lowest BCUT2D eigenvalue weighted by molar-refractivity contribution is -0.132. The van der Waals surface area contributed by atoms with Crippen LogP contribution in [0.2, 0.25) is 0 Å². The van der Waals surface area contributed by atoms with E-state index in [2.05, 4.69) is 21.2 Å². The van der Waals surface area contributed by atoms with Crippen LogP contribution in [0.15, 0.2) is 54.6 Å². The Morgan fingerprint density at radius 1 is 1.00 bits per heavy atom. The van der Waals surface area contributed by atoms with Gasteiger partial charge in [0.15, 0.2) is 0 Å². The second-order valence-corrected chi connectivity index (χ2v) is 8.63. The van der Waals surface area contributed by atoms with Crippen LogP contribution in [0.5, 0.6) is 5.75 Å². The number of carbonyl (C=O) groups excluding carboxylic acids is 3. The Hall–Kier alpha value is -3.39. The van der Waals surface area contributed by atoms with Gasteiger partial charge in [-0.2, -0.15) is 0 Å². The molecule has 3 amide bonds. The molecule has 0 spiro atoms. The number of imide groups is 1. The highest BCUT2D eigenvalue weighted by atomic mass is 16.5. The van der Waals surface area contributed by atoms with Gasteiger partial charge in [-0.1, -0.05) is 30.3 Å². The largest absolute Gasteiger partial charge is 0.495 e. The minimum absolute atomic E-state index is 0.215. The molecule has 0 aliphatic carbocycles. The molecule has 8 heteroatoms. The number of piperazine rings is 1. The molecule has 2 aliphatic heterocycles. The fourth-order valence-electron chi connectivity index (χ4n) is 4.64. The molecule has 0 saturated carbocycles. The Morgan fingerprint density at radius 3 is 2.44 bits per heavy atom. The van der Waals surface area contributed by atoms with Gasteiger partial charge < -0.3 is 15.0 Å². The molecule has 0 radical (unpaired) electrons. The van der Waals surface area contributed by atoms with E-state index in [9.17, 15) is 14.4 Å². The normalized spacial score (nSPS) is 18.7. The standard InChI is InChI=1S/C26H32N4O4/c1-34-23-11-6-5-10-21(23)29-18-16-28(17-19-29)15-7-14-27-25(32)22-12-13-24(31)30(22)26(33)20-8-3-2-4-9-20/h2-6,8-11,22H,7,12-19H2,1H3,(H,27,32)/t22-/m0/s1. The fourth-order valence-corrected chi connectivity index (χ4v) is 4.64. The molecule has 1 atom stereocenters. The molecule has 0 aromatic heterocycles. The summed E-state index contributed by atoms with van der Waals surface area (Å²) >= 11 is 0. The second-order valence-electron chi connectivity index (χ2n) is 8.63. The lowest BCUT2D eigenvalue weighted by atomic mass is 10.1. The summed E-state index contributed by atoms with van der Waals surface area (Å²) in [4.78, 5) is 43.7. The molecule has 0 unspecified atom stereocenters. The van der Waals surface area contributed by atoms with Gasteiger partial charge in [-0.05, 0) is 43.7 Å². The number of hydrogen-bond donors (Lipinski definition) is 1. The molecular weight excluding hydrogens is 432 g/mol. The minimum Gasteiger partial charge on any atom is -0.495 e. The van der Waals surface area contributed by atoms with Crippen LogP contribution in [0.4, 0.5) is 5.69 Å². The smallest absolute Gasteiger partial charge is 0.261 e. The van der Waals surface area contributed by atoms with Gasteiger partial charge in [-0.25, -0.2) is 0 Å². The van der Waals surface area contributed by atoms with Gasteiger partial charge in [-0.15, -0.1) is 0 Å². The first-order valence-electron chi connectivity index (χ1n) is 11.9. The number of para-hydroxylation sites is 2. The lowest BCUT2D eigenvalue weighted by Crippen LogP contribution is -2.49. The van der Waals surface area contributed by atoms with Crippen molar-refractivity contribution in [3.8, 4) is 5.75 Å². The molecule has 34 heavy (non-hydrogen) atoms. The van der Waals surface area contributed by atoms with Crippen LogP contribution in [0.1, 0.15) is 29.6 Å². The predicted molar refractivity (Wildman–Crippen MR) is 130 cm³/mol. The van der Waals surface area contributed by atoms with Crippen LogP contribution in [0.3, 0.4) is 0 Å². The summed E-state index contributed by atoms with van der Waals surface area (Å²) in [5.74, 6) is -0.0574. The van der Waals surface area contributed by atoms with Crippen LogP contribution in [-0.2, 0) is 9.59 Å². The molecule has 180 valence electrons. The molecule has 2 heterocycles. The maximum absolute atomic E-state index is 12.8. The third-order valence-electron chi connectivity index (χ3n) is 6.50. The lowest BCUT2D eigenvalue weighted by Gasteiger charge is -2.36. The van der Waals surface area contributed by atoms with E-state index >= 15 is 0 Å². The van der Waals surface area contributed by atoms with Crippen molar-refractivity contribution in [3.63, 3.8) is 0 Å². The first-order chi connectivity index (χ1) is 16.6. The van der Waals surface area contributed by atoms with Gasteiger partial charge in [0.25, 0.3) is 5.91 Å². The third kappa shape index (κ3) is 5.39. The molecule has 2 saturated heterocycles. The monoisotopic (exact) mass is 464 g/mol. The van der Waals surface area contributed by atoms with Crippen molar-refractivity contribution in [2.24, 2.45) is 0 Å². The molecule has 1 N–H and O–H groups in total. The van der Waals surface area contributed by atoms with Crippen LogP contribution in [-0.4, -0.2) is 79.9 Å². The Balaban J connectivity index is 1.21. The Morgan fingerprint density at radius 2 is 1.71 bits per heavy atom. The number of likely N-dealkylation sites (tertiary alicyclic amines) is 1. The third-order valence-corrected chi connectivity index (χ3v) is 6.50. The second kappa shape index (κ2) is 11.2. The predicted octanol–water partition coefficient (Wildman–Crippen LogP) is 2.15. The summed E-state index contributed by atoms with van der Waals surface area (Å²) in [6.07, 6.45) is 1.40. The summed E-state index contributed by atoms with van der Waals surface area (Å²) in [6.45, 7) is 5.14. The summed E-state index contributed by atoms with van der Waals surface area (Å²) in [5, 5.41) is 2.93. The number of anilines is 1. The first-order valence-corrected chi connectivity index (χ1v) is 11.9. The number of amides is 3.